The summed E-state index contributed by atoms with van der Waals surface area (Å²) < 4.78 is 9.56. The predicted octanol–water partition coefficient (Wildman–Crippen LogP) is 0.372. The molecule has 0 saturated carbocycles. The second-order valence-corrected chi connectivity index (χ2v) is 2.79. The number of aliphatic carboxylic acids is 1. The quantitative estimate of drug-likeness (QED) is 0.383. The van der Waals surface area contributed by atoms with Crippen LogP contribution in [0.1, 0.15) is 6.92 Å². The molecule has 6 heteroatoms. The van der Waals surface area contributed by atoms with E-state index in [0.717, 1.165) is 6.08 Å². The first-order valence-corrected chi connectivity index (χ1v) is 4.82. The van der Waals surface area contributed by atoms with Crippen molar-refractivity contribution in [3.05, 3.63) is 24.8 Å². The van der Waals surface area contributed by atoms with Gasteiger partial charge in [0.2, 0.25) is 0 Å². The maximum Gasteiger partial charge on any atom is 0.333 e. The van der Waals surface area contributed by atoms with Gasteiger partial charge in [-0.3, -0.25) is 0 Å². The number of ether oxygens (including phenoxy) is 2. The highest BCUT2D eigenvalue weighted by molar-refractivity contribution is 5.86. The van der Waals surface area contributed by atoms with Gasteiger partial charge in [-0.05, 0) is 6.92 Å². The van der Waals surface area contributed by atoms with Gasteiger partial charge < -0.3 is 19.7 Å². The number of carbonyl (C=O) groups excluding carboxylic acids is 1. The van der Waals surface area contributed by atoms with Crippen LogP contribution in [0.2, 0.25) is 0 Å². The van der Waals surface area contributed by atoms with Crippen LogP contribution in [0.4, 0.5) is 0 Å². The smallest absolute Gasteiger partial charge is 0.333 e. The van der Waals surface area contributed by atoms with Gasteiger partial charge in [-0.25, -0.2) is 9.59 Å². The third-order valence-corrected chi connectivity index (χ3v) is 1.22. The molecule has 0 rings (SSSR count). The van der Waals surface area contributed by atoms with Crippen LogP contribution in [0.25, 0.3) is 0 Å². The molecule has 0 amide bonds. The summed E-state index contributed by atoms with van der Waals surface area (Å²) >= 11 is 0. The average Bonchev–Trinajstić information content (AvgIpc) is 2.29. The lowest BCUT2D eigenvalue weighted by molar-refractivity contribution is -0.140. The van der Waals surface area contributed by atoms with Crippen LogP contribution in [-0.2, 0) is 19.1 Å². The average molecular weight is 246 g/mol. The Balaban J connectivity index is 0. The summed E-state index contributed by atoms with van der Waals surface area (Å²) in [4.78, 5) is 20.0. The van der Waals surface area contributed by atoms with Gasteiger partial charge in [0.1, 0.15) is 6.61 Å². The fraction of sp³-hybridized carbons (Fsp3) is 0.455. The SMILES string of the molecule is C=C(C)C(=O)OCCOCCO.C=CC(=O)O. The molecule has 0 atom stereocenters. The molecule has 0 radical (unpaired) electrons. The van der Waals surface area contributed by atoms with E-state index in [2.05, 4.69) is 13.2 Å². The van der Waals surface area contributed by atoms with E-state index in [4.69, 9.17) is 19.7 Å². The lowest BCUT2D eigenvalue weighted by atomic mass is 10.4. The van der Waals surface area contributed by atoms with Crippen molar-refractivity contribution in [3.63, 3.8) is 0 Å². The van der Waals surface area contributed by atoms with Crippen LogP contribution in [0.5, 0.6) is 0 Å². The van der Waals surface area contributed by atoms with E-state index in [1.807, 2.05) is 0 Å². The standard InChI is InChI=1S/C8H14O4.C3H4O2/c1-7(2)8(10)12-6-5-11-4-3-9;1-2-3(4)5/h9H,1,3-6H2,2H3;2H,1H2,(H,4,5). The Kier molecular flexibility index (Phi) is 12.9. The second kappa shape index (κ2) is 12.4. The minimum absolute atomic E-state index is 0.0194. The van der Waals surface area contributed by atoms with E-state index in [0.29, 0.717) is 12.2 Å². The molecule has 0 aromatic heterocycles. The molecule has 0 heterocycles. The van der Waals surface area contributed by atoms with Gasteiger partial charge in [-0.1, -0.05) is 13.2 Å². The number of carboxylic acid groups (broad SMARTS) is 1. The molecule has 6 nitrogen and oxygen atoms in total. The number of hydrogen-bond acceptors (Lipinski definition) is 5. The molecule has 0 bridgehead atoms. The molecule has 17 heavy (non-hydrogen) atoms. The maximum atomic E-state index is 10.7. The van der Waals surface area contributed by atoms with E-state index in [9.17, 15) is 9.59 Å². The number of rotatable bonds is 7. The van der Waals surface area contributed by atoms with E-state index in [1.54, 1.807) is 6.92 Å². The molecule has 0 unspecified atom stereocenters. The number of hydrogen-bond donors (Lipinski definition) is 2. The molecule has 2 N–H and O–H groups in total. The van der Waals surface area contributed by atoms with Crippen LogP contribution in [0, 0.1) is 0 Å². The molecule has 0 aromatic carbocycles. The zero-order chi connectivity index (χ0) is 13.7. The van der Waals surface area contributed by atoms with Gasteiger partial charge in [-0.15, -0.1) is 0 Å². The number of esters is 1. The normalized spacial score (nSPS) is 8.59. The highest BCUT2D eigenvalue weighted by Crippen LogP contribution is 1.91. The van der Waals surface area contributed by atoms with E-state index in [1.165, 1.54) is 0 Å². The predicted molar refractivity (Wildman–Crippen MR) is 61.5 cm³/mol. The number of carbonyl (C=O) groups is 2. The molecular formula is C11H18O6. The fourth-order valence-corrected chi connectivity index (χ4v) is 0.483. The van der Waals surface area contributed by atoms with Gasteiger partial charge in [0, 0.05) is 11.6 Å². The first-order chi connectivity index (χ1) is 7.95. The third kappa shape index (κ3) is 17.0. The third-order valence-electron chi connectivity index (χ3n) is 1.22. The maximum absolute atomic E-state index is 10.7. The van der Waals surface area contributed by atoms with E-state index in [-0.39, 0.29) is 19.8 Å². The van der Waals surface area contributed by atoms with Crippen molar-refractivity contribution in [2.75, 3.05) is 26.4 Å². The van der Waals surface area contributed by atoms with Gasteiger partial charge >= 0.3 is 11.9 Å². The summed E-state index contributed by atoms with van der Waals surface area (Å²) in [6, 6.07) is 0. The second-order valence-electron chi connectivity index (χ2n) is 2.79. The Labute approximate surface area is 100 Å². The van der Waals surface area contributed by atoms with Crippen LogP contribution >= 0.6 is 0 Å². The summed E-state index contributed by atoms with van der Waals surface area (Å²) in [5.74, 6) is -1.40. The molecule has 0 saturated heterocycles. The minimum atomic E-state index is -0.981. The van der Waals surface area contributed by atoms with Crippen molar-refractivity contribution < 1.29 is 29.3 Å². The minimum Gasteiger partial charge on any atom is -0.478 e. The van der Waals surface area contributed by atoms with Crippen molar-refractivity contribution in [1.29, 1.82) is 0 Å². The zero-order valence-electron chi connectivity index (χ0n) is 9.85. The van der Waals surface area contributed by atoms with Gasteiger partial charge in [-0.2, -0.15) is 0 Å². The first kappa shape index (κ1) is 17.7. The van der Waals surface area contributed by atoms with Crippen molar-refractivity contribution >= 4 is 11.9 Å². The molecule has 0 aromatic rings. The summed E-state index contributed by atoms with van der Waals surface area (Å²) in [5, 5.41) is 15.9. The van der Waals surface area contributed by atoms with E-state index < -0.39 is 11.9 Å². The lowest BCUT2D eigenvalue weighted by Crippen LogP contribution is -2.12. The van der Waals surface area contributed by atoms with Gasteiger partial charge in [0.05, 0.1) is 19.8 Å². The molecule has 0 spiro atoms. The Morgan fingerprint density at radius 2 is 1.82 bits per heavy atom. The van der Waals surface area contributed by atoms with Crippen molar-refractivity contribution in [1.82, 2.24) is 0 Å². The van der Waals surface area contributed by atoms with Gasteiger partial charge in [0.25, 0.3) is 0 Å². The molecule has 0 aliphatic heterocycles. The fourth-order valence-electron chi connectivity index (χ4n) is 0.483. The monoisotopic (exact) mass is 246 g/mol. The Morgan fingerprint density at radius 1 is 1.29 bits per heavy atom. The van der Waals surface area contributed by atoms with Crippen LogP contribution in [-0.4, -0.2) is 48.6 Å². The van der Waals surface area contributed by atoms with Crippen molar-refractivity contribution in [3.8, 4) is 0 Å². The van der Waals surface area contributed by atoms with Crippen LogP contribution in [0.3, 0.4) is 0 Å². The summed E-state index contributed by atoms with van der Waals surface area (Å²) in [7, 11) is 0. The van der Waals surface area contributed by atoms with Crippen LogP contribution in [0.15, 0.2) is 24.8 Å². The largest absolute Gasteiger partial charge is 0.478 e. The summed E-state index contributed by atoms with van der Waals surface area (Å²) in [5.41, 5.74) is 0.372. The van der Waals surface area contributed by atoms with Crippen molar-refractivity contribution in [2.24, 2.45) is 0 Å². The molecule has 0 aliphatic rings. The number of aliphatic hydroxyl groups is 1. The molecular weight excluding hydrogens is 228 g/mol. The van der Waals surface area contributed by atoms with Gasteiger partial charge in [0.15, 0.2) is 0 Å². The summed E-state index contributed by atoms with van der Waals surface area (Å²) in [6.07, 6.45) is 0.833. The molecule has 0 aliphatic carbocycles. The lowest BCUT2D eigenvalue weighted by Gasteiger charge is -2.03. The number of aliphatic hydroxyl groups excluding tert-OH is 1. The Morgan fingerprint density at radius 3 is 2.18 bits per heavy atom. The number of carboxylic acids is 1. The molecule has 0 fully saturated rings. The van der Waals surface area contributed by atoms with Crippen LogP contribution < -0.4 is 0 Å². The highest BCUT2D eigenvalue weighted by atomic mass is 16.6. The zero-order valence-corrected chi connectivity index (χ0v) is 9.85. The van der Waals surface area contributed by atoms with E-state index >= 15 is 0 Å². The van der Waals surface area contributed by atoms with Crippen molar-refractivity contribution in [2.45, 2.75) is 6.92 Å². The Hall–Kier alpha value is -1.66. The highest BCUT2D eigenvalue weighted by Gasteiger charge is 2.01. The Bertz CT molecular complexity index is 259. The molecule has 98 valence electrons. The topological polar surface area (TPSA) is 93.1 Å². The summed E-state index contributed by atoms with van der Waals surface area (Å²) in [6.45, 7) is 8.71. The first-order valence-electron chi connectivity index (χ1n) is 4.82.